The van der Waals surface area contributed by atoms with E-state index in [0.717, 1.165) is 22.5 Å². The number of nitrogens with zero attached hydrogens (tertiary/aromatic N) is 2. The molecule has 2 aromatic rings. The molecule has 0 saturated carbocycles. The van der Waals surface area contributed by atoms with Gasteiger partial charge in [0.1, 0.15) is 11.5 Å². The normalized spacial score (nSPS) is 10.5. The summed E-state index contributed by atoms with van der Waals surface area (Å²) in [5, 5.41) is 20.2. The van der Waals surface area contributed by atoms with Gasteiger partial charge in [-0.05, 0) is 23.8 Å². The number of phenolic OH excluding ortho intramolecular Hbond substituents is 2. The molecule has 0 heterocycles. The summed E-state index contributed by atoms with van der Waals surface area (Å²) in [5.41, 5.74) is 3.60. The Morgan fingerprint density at radius 3 is 2.05 bits per heavy atom. The maximum atomic E-state index is 10.3. The van der Waals surface area contributed by atoms with Crippen LogP contribution in [0.5, 0.6) is 11.5 Å². The van der Waals surface area contributed by atoms with E-state index in [1.807, 2.05) is 56.2 Å². The second-order valence-electron chi connectivity index (χ2n) is 5.53. The number of hydrogen-bond donors (Lipinski definition) is 2. The van der Waals surface area contributed by atoms with Crippen LogP contribution >= 0.6 is 0 Å². The maximum absolute atomic E-state index is 10.3. The van der Waals surface area contributed by atoms with E-state index >= 15 is 0 Å². The Labute approximate surface area is 125 Å². The molecule has 0 fully saturated rings. The summed E-state index contributed by atoms with van der Waals surface area (Å²) in [6, 6.07) is 10.8. The van der Waals surface area contributed by atoms with Crippen LogP contribution in [0, 0.1) is 0 Å². The van der Waals surface area contributed by atoms with Crippen molar-refractivity contribution >= 4 is 11.4 Å². The first-order valence-corrected chi connectivity index (χ1v) is 6.88. The zero-order valence-corrected chi connectivity index (χ0v) is 13.0. The second kappa shape index (κ2) is 5.95. The summed E-state index contributed by atoms with van der Waals surface area (Å²) < 4.78 is 0. The molecular formula is C17H22N2O2. The molecule has 0 unspecified atom stereocenters. The maximum Gasteiger partial charge on any atom is 0.121 e. The lowest BCUT2D eigenvalue weighted by Gasteiger charge is -2.26. The van der Waals surface area contributed by atoms with E-state index in [1.54, 1.807) is 18.2 Å². The first kappa shape index (κ1) is 15.0. The topological polar surface area (TPSA) is 46.9 Å². The minimum absolute atomic E-state index is 0.243. The van der Waals surface area contributed by atoms with E-state index in [2.05, 4.69) is 0 Å². The van der Waals surface area contributed by atoms with Gasteiger partial charge in [-0.15, -0.1) is 0 Å². The van der Waals surface area contributed by atoms with Crippen molar-refractivity contribution < 1.29 is 10.2 Å². The lowest BCUT2D eigenvalue weighted by molar-refractivity contribution is 0.463. The van der Waals surface area contributed by atoms with Gasteiger partial charge in [0.25, 0.3) is 0 Å². The molecule has 0 spiro atoms. The summed E-state index contributed by atoms with van der Waals surface area (Å²) in [4.78, 5) is 4.01. The molecule has 4 nitrogen and oxygen atoms in total. The fraction of sp³-hybridized carbons (Fsp3) is 0.294. The van der Waals surface area contributed by atoms with Crippen molar-refractivity contribution in [3.05, 3.63) is 47.5 Å². The number of benzene rings is 2. The molecule has 0 radical (unpaired) electrons. The molecule has 0 aromatic heterocycles. The molecule has 2 rings (SSSR count). The van der Waals surface area contributed by atoms with Crippen LogP contribution < -0.4 is 9.80 Å². The number of phenols is 2. The van der Waals surface area contributed by atoms with Crippen LogP contribution in [-0.2, 0) is 6.42 Å². The average molecular weight is 286 g/mol. The fourth-order valence-corrected chi connectivity index (χ4v) is 2.50. The van der Waals surface area contributed by atoms with Gasteiger partial charge in [0.05, 0.1) is 11.4 Å². The van der Waals surface area contributed by atoms with Gasteiger partial charge in [-0.1, -0.05) is 18.2 Å². The molecule has 0 aliphatic carbocycles. The Morgan fingerprint density at radius 1 is 0.810 bits per heavy atom. The number of rotatable bonds is 4. The molecule has 0 bridgehead atoms. The summed E-state index contributed by atoms with van der Waals surface area (Å²) in [7, 11) is 7.86. The molecular weight excluding hydrogens is 264 g/mol. The van der Waals surface area contributed by atoms with Gasteiger partial charge in [-0.25, -0.2) is 0 Å². The van der Waals surface area contributed by atoms with Crippen molar-refractivity contribution in [3.8, 4) is 11.5 Å². The molecule has 0 aliphatic heterocycles. The van der Waals surface area contributed by atoms with E-state index in [0.29, 0.717) is 6.42 Å². The van der Waals surface area contributed by atoms with Crippen molar-refractivity contribution in [2.75, 3.05) is 38.0 Å². The standard InChI is InChI=1S/C17H22N2O2/c1-18(2)14-9-10-16(21)13(17(14)19(3)4)11-12-7-5-6-8-15(12)20/h5-10,20-21H,11H2,1-4H3. The largest absolute Gasteiger partial charge is 0.508 e. The summed E-state index contributed by atoms with van der Waals surface area (Å²) >= 11 is 0. The highest BCUT2D eigenvalue weighted by atomic mass is 16.3. The minimum atomic E-state index is 0.243. The van der Waals surface area contributed by atoms with Crippen LogP contribution in [0.25, 0.3) is 0 Å². The van der Waals surface area contributed by atoms with Gasteiger partial charge in [-0.2, -0.15) is 0 Å². The van der Waals surface area contributed by atoms with Crippen molar-refractivity contribution in [1.82, 2.24) is 0 Å². The van der Waals surface area contributed by atoms with Gasteiger partial charge in [0.15, 0.2) is 0 Å². The van der Waals surface area contributed by atoms with Crippen LogP contribution in [0.2, 0.25) is 0 Å². The van der Waals surface area contributed by atoms with Crippen LogP contribution in [0.4, 0.5) is 11.4 Å². The predicted octanol–water partition coefficient (Wildman–Crippen LogP) is 2.82. The molecule has 21 heavy (non-hydrogen) atoms. The average Bonchev–Trinajstić information content (AvgIpc) is 2.42. The highest BCUT2D eigenvalue weighted by Gasteiger charge is 2.17. The minimum Gasteiger partial charge on any atom is -0.508 e. The lowest BCUT2D eigenvalue weighted by atomic mass is 9.99. The SMILES string of the molecule is CN(C)c1ccc(O)c(Cc2ccccc2O)c1N(C)C. The zero-order chi connectivity index (χ0) is 15.6. The second-order valence-corrected chi connectivity index (χ2v) is 5.53. The third kappa shape index (κ3) is 3.05. The van der Waals surface area contributed by atoms with E-state index in [-0.39, 0.29) is 11.5 Å². The monoisotopic (exact) mass is 286 g/mol. The van der Waals surface area contributed by atoms with Crippen molar-refractivity contribution in [1.29, 1.82) is 0 Å². The van der Waals surface area contributed by atoms with Gasteiger partial charge in [0, 0.05) is 40.2 Å². The van der Waals surface area contributed by atoms with Crippen LogP contribution in [0.3, 0.4) is 0 Å². The quantitative estimate of drug-likeness (QED) is 0.907. The highest BCUT2D eigenvalue weighted by Crippen LogP contribution is 2.38. The van der Waals surface area contributed by atoms with E-state index in [4.69, 9.17) is 0 Å². The number of anilines is 2. The number of aromatic hydroxyl groups is 2. The predicted molar refractivity (Wildman–Crippen MR) is 87.7 cm³/mol. The molecule has 0 aliphatic rings. The highest BCUT2D eigenvalue weighted by molar-refractivity contribution is 5.77. The third-order valence-corrected chi connectivity index (χ3v) is 3.52. The first-order chi connectivity index (χ1) is 9.91. The number of hydrogen-bond acceptors (Lipinski definition) is 4. The third-order valence-electron chi connectivity index (χ3n) is 3.52. The fourth-order valence-electron chi connectivity index (χ4n) is 2.50. The summed E-state index contributed by atoms with van der Waals surface area (Å²) in [6.45, 7) is 0. The molecule has 4 heteroatoms. The Balaban J connectivity index is 2.57. The molecule has 112 valence electrons. The Morgan fingerprint density at radius 2 is 1.48 bits per heavy atom. The van der Waals surface area contributed by atoms with Crippen LogP contribution in [0.1, 0.15) is 11.1 Å². The first-order valence-electron chi connectivity index (χ1n) is 6.88. The Hall–Kier alpha value is -2.36. The molecule has 0 atom stereocenters. The van der Waals surface area contributed by atoms with Crippen LogP contribution in [-0.4, -0.2) is 38.4 Å². The zero-order valence-electron chi connectivity index (χ0n) is 13.0. The van der Waals surface area contributed by atoms with Crippen molar-refractivity contribution in [2.45, 2.75) is 6.42 Å². The van der Waals surface area contributed by atoms with Gasteiger partial charge in [-0.3, -0.25) is 0 Å². The molecule has 2 N–H and O–H groups in total. The summed E-state index contributed by atoms with van der Waals surface area (Å²) in [6.07, 6.45) is 0.480. The number of para-hydroxylation sites is 1. The van der Waals surface area contributed by atoms with E-state index in [1.165, 1.54) is 0 Å². The molecule has 0 amide bonds. The van der Waals surface area contributed by atoms with Gasteiger partial charge in [0.2, 0.25) is 0 Å². The molecule has 2 aromatic carbocycles. The smallest absolute Gasteiger partial charge is 0.121 e. The molecule has 0 saturated heterocycles. The van der Waals surface area contributed by atoms with Crippen molar-refractivity contribution in [3.63, 3.8) is 0 Å². The summed E-state index contributed by atoms with van der Waals surface area (Å²) in [5.74, 6) is 0.490. The van der Waals surface area contributed by atoms with Crippen molar-refractivity contribution in [2.24, 2.45) is 0 Å². The lowest BCUT2D eigenvalue weighted by Crippen LogP contribution is -2.18. The van der Waals surface area contributed by atoms with Crippen LogP contribution in [0.15, 0.2) is 36.4 Å². The Kier molecular flexibility index (Phi) is 4.26. The van der Waals surface area contributed by atoms with Gasteiger partial charge >= 0.3 is 0 Å². The van der Waals surface area contributed by atoms with E-state index < -0.39 is 0 Å². The Bertz CT molecular complexity index is 637. The van der Waals surface area contributed by atoms with E-state index in [9.17, 15) is 10.2 Å². The van der Waals surface area contributed by atoms with Gasteiger partial charge < -0.3 is 20.0 Å².